The second kappa shape index (κ2) is 7.13. The molecule has 0 radical (unpaired) electrons. The van der Waals surface area contributed by atoms with Crippen molar-refractivity contribution in [3.8, 4) is 5.75 Å². The maximum Gasteiger partial charge on any atom is 0.431 e. The zero-order chi connectivity index (χ0) is 20.9. The van der Waals surface area contributed by atoms with E-state index >= 15 is 0 Å². The van der Waals surface area contributed by atoms with Crippen LogP contribution < -0.4 is 10.1 Å². The van der Waals surface area contributed by atoms with Crippen LogP contribution in [0.15, 0.2) is 36.7 Å². The molecule has 2 atom stereocenters. The van der Waals surface area contributed by atoms with E-state index in [0.717, 1.165) is 30.5 Å². The first-order valence-corrected chi connectivity index (χ1v) is 9.60. The van der Waals surface area contributed by atoms with E-state index in [4.69, 9.17) is 9.47 Å². The number of fused-ring (bicyclic) bond motifs is 2. The van der Waals surface area contributed by atoms with Crippen LogP contribution in [-0.4, -0.2) is 58.8 Å². The van der Waals surface area contributed by atoms with Crippen molar-refractivity contribution >= 4 is 16.9 Å². The van der Waals surface area contributed by atoms with Gasteiger partial charge in [-0.05, 0) is 12.1 Å². The fourth-order valence-corrected chi connectivity index (χ4v) is 4.08. The third kappa shape index (κ3) is 3.25. The predicted octanol–water partition coefficient (Wildman–Crippen LogP) is 3.22. The molecule has 158 valence electrons. The minimum atomic E-state index is -4.49. The van der Waals surface area contributed by atoms with E-state index in [1.807, 2.05) is 24.3 Å². The fourth-order valence-electron chi connectivity index (χ4n) is 4.08. The smallest absolute Gasteiger partial charge is 0.431 e. The Morgan fingerprint density at radius 3 is 2.80 bits per heavy atom. The lowest BCUT2D eigenvalue weighted by atomic mass is 9.92. The molecule has 1 saturated heterocycles. The van der Waals surface area contributed by atoms with E-state index in [-0.39, 0.29) is 23.8 Å². The van der Waals surface area contributed by atoms with Gasteiger partial charge in [0, 0.05) is 25.8 Å². The van der Waals surface area contributed by atoms with Gasteiger partial charge in [-0.3, -0.25) is 4.90 Å². The Balaban J connectivity index is 1.51. The van der Waals surface area contributed by atoms with Crippen molar-refractivity contribution in [2.24, 2.45) is 0 Å². The van der Waals surface area contributed by atoms with Gasteiger partial charge in [0.15, 0.2) is 0 Å². The summed E-state index contributed by atoms with van der Waals surface area (Å²) in [6, 6.07) is 8.48. The van der Waals surface area contributed by atoms with Crippen molar-refractivity contribution in [2.75, 3.05) is 32.1 Å². The molecule has 4 heterocycles. The molecule has 2 N–H and O–H groups in total. The first kappa shape index (κ1) is 19.1. The monoisotopic (exact) mass is 419 g/mol. The highest BCUT2D eigenvalue weighted by Gasteiger charge is 2.41. The summed E-state index contributed by atoms with van der Waals surface area (Å²) in [5.74, 6) is 1.10. The number of nitrogens with one attached hydrogen (secondary N) is 2. The van der Waals surface area contributed by atoms with Crippen molar-refractivity contribution in [1.29, 1.82) is 0 Å². The number of hydrogen-bond donors (Lipinski definition) is 2. The SMILES string of the molecule is COC1CN([C@@H]2COc3ccccc3[C@H]2Nc2ncnc3[nH]c(C(F)(F)F)cc23)C1. The summed E-state index contributed by atoms with van der Waals surface area (Å²) < 4.78 is 50.9. The molecule has 30 heavy (non-hydrogen) atoms. The summed E-state index contributed by atoms with van der Waals surface area (Å²) in [6.07, 6.45) is -3.06. The van der Waals surface area contributed by atoms with E-state index in [2.05, 4.69) is 25.2 Å². The topological polar surface area (TPSA) is 75.3 Å². The van der Waals surface area contributed by atoms with Crippen LogP contribution in [0.1, 0.15) is 17.3 Å². The Hall–Kier alpha value is -2.85. The van der Waals surface area contributed by atoms with Crippen molar-refractivity contribution in [3.05, 3.63) is 47.9 Å². The average molecular weight is 419 g/mol. The van der Waals surface area contributed by atoms with Crippen molar-refractivity contribution in [2.45, 2.75) is 24.4 Å². The van der Waals surface area contributed by atoms with Crippen LogP contribution in [0.2, 0.25) is 0 Å². The van der Waals surface area contributed by atoms with Crippen molar-refractivity contribution in [1.82, 2.24) is 19.9 Å². The fraction of sp³-hybridized carbons (Fsp3) is 0.400. The minimum absolute atomic E-state index is 0.0163. The largest absolute Gasteiger partial charge is 0.491 e. The molecule has 0 spiro atoms. The van der Waals surface area contributed by atoms with Crippen LogP contribution >= 0.6 is 0 Å². The lowest BCUT2D eigenvalue weighted by molar-refractivity contribution is -0.140. The third-order valence-electron chi connectivity index (χ3n) is 5.75. The van der Waals surface area contributed by atoms with Gasteiger partial charge < -0.3 is 19.8 Å². The van der Waals surface area contributed by atoms with Gasteiger partial charge in [-0.2, -0.15) is 13.2 Å². The molecule has 1 aromatic carbocycles. The summed E-state index contributed by atoms with van der Waals surface area (Å²) >= 11 is 0. The van der Waals surface area contributed by atoms with Crippen LogP contribution in [0.3, 0.4) is 0 Å². The highest BCUT2D eigenvalue weighted by Crippen LogP contribution is 2.39. The van der Waals surface area contributed by atoms with E-state index in [1.54, 1.807) is 7.11 Å². The van der Waals surface area contributed by atoms with Crippen molar-refractivity contribution < 1.29 is 22.6 Å². The first-order chi connectivity index (χ1) is 14.4. The molecule has 2 aromatic heterocycles. The van der Waals surface area contributed by atoms with Crippen LogP contribution in [0.5, 0.6) is 5.75 Å². The number of aromatic amines is 1. The number of H-pyrrole nitrogens is 1. The van der Waals surface area contributed by atoms with Gasteiger partial charge in [0.1, 0.15) is 35.8 Å². The van der Waals surface area contributed by atoms with E-state index in [1.165, 1.54) is 6.33 Å². The maximum atomic E-state index is 13.2. The lowest BCUT2D eigenvalue weighted by Crippen LogP contribution is -2.60. The second-order valence-electron chi connectivity index (χ2n) is 7.52. The number of rotatable bonds is 4. The van der Waals surface area contributed by atoms with Gasteiger partial charge in [-0.15, -0.1) is 0 Å². The molecule has 2 aliphatic heterocycles. The normalized spacial score (nSPS) is 22.4. The Kier molecular flexibility index (Phi) is 4.55. The van der Waals surface area contributed by atoms with Crippen molar-refractivity contribution in [3.63, 3.8) is 0 Å². The number of alkyl halides is 3. The van der Waals surface area contributed by atoms with Gasteiger partial charge >= 0.3 is 6.18 Å². The van der Waals surface area contributed by atoms with Crippen LogP contribution in [0, 0.1) is 0 Å². The number of benzene rings is 1. The van der Waals surface area contributed by atoms with Gasteiger partial charge in [0.05, 0.1) is 23.6 Å². The first-order valence-electron chi connectivity index (χ1n) is 9.60. The number of nitrogens with zero attached hydrogens (tertiary/aromatic N) is 3. The van der Waals surface area contributed by atoms with Gasteiger partial charge in [-0.1, -0.05) is 18.2 Å². The molecule has 0 amide bonds. The number of para-hydroxylation sites is 1. The average Bonchev–Trinajstić information content (AvgIpc) is 3.14. The summed E-state index contributed by atoms with van der Waals surface area (Å²) in [7, 11) is 1.69. The molecule has 7 nitrogen and oxygen atoms in total. The van der Waals surface area contributed by atoms with E-state index < -0.39 is 11.9 Å². The second-order valence-corrected chi connectivity index (χ2v) is 7.52. The number of methoxy groups -OCH3 is 1. The molecule has 1 fully saturated rings. The summed E-state index contributed by atoms with van der Waals surface area (Å²) in [6.45, 7) is 2.00. The molecule has 0 saturated carbocycles. The Morgan fingerprint density at radius 1 is 1.23 bits per heavy atom. The Labute approximate surface area is 170 Å². The van der Waals surface area contributed by atoms with Gasteiger partial charge in [0.2, 0.25) is 0 Å². The Morgan fingerprint density at radius 2 is 2.03 bits per heavy atom. The third-order valence-corrected chi connectivity index (χ3v) is 5.75. The molecule has 3 aromatic rings. The number of aromatic nitrogens is 3. The van der Waals surface area contributed by atoms with E-state index in [0.29, 0.717) is 17.8 Å². The van der Waals surface area contributed by atoms with Gasteiger partial charge in [0.25, 0.3) is 0 Å². The zero-order valence-corrected chi connectivity index (χ0v) is 16.1. The molecule has 0 bridgehead atoms. The minimum Gasteiger partial charge on any atom is -0.491 e. The quantitative estimate of drug-likeness (QED) is 0.677. The number of anilines is 1. The summed E-state index contributed by atoms with van der Waals surface area (Å²) in [4.78, 5) is 12.8. The molecule has 2 aliphatic rings. The lowest BCUT2D eigenvalue weighted by Gasteiger charge is -2.48. The Bertz CT molecular complexity index is 1060. The van der Waals surface area contributed by atoms with Crippen LogP contribution in [0.25, 0.3) is 11.0 Å². The molecule has 10 heteroatoms. The summed E-state index contributed by atoms with van der Waals surface area (Å²) in [5, 5.41) is 3.67. The van der Waals surface area contributed by atoms with Crippen LogP contribution in [0.4, 0.5) is 19.0 Å². The predicted molar refractivity (Wildman–Crippen MR) is 103 cm³/mol. The number of ether oxygens (including phenoxy) is 2. The van der Waals surface area contributed by atoms with E-state index in [9.17, 15) is 13.2 Å². The van der Waals surface area contributed by atoms with Crippen LogP contribution in [-0.2, 0) is 10.9 Å². The standard InChI is InChI=1S/C20H20F3N5O2/c1-29-11-7-28(8-11)14-9-30-15-5-3-2-4-12(15)17(14)27-19-13-6-16(20(21,22)23)26-18(13)24-10-25-19/h2-6,10-11,14,17H,7-9H2,1H3,(H2,24,25,26,27)/t14-,17-/m1/s1. The summed E-state index contributed by atoms with van der Waals surface area (Å²) in [5.41, 5.74) is 0.226. The highest BCUT2D eigenvalue weighted by atomic mass is 19.4. The highest BCUT2D eigenvalue weighted by molar-refractivity contribution is 5.88. The molecule has 0 aliphatic carbocycles. The number of likely N-dealkylation sites (tertiary alicyclic amines) is 1. The molecule has 0 unspecified atom stereocenters. The molecular formula is C20H20F3N5O2. The molecule has 5 rings (SSSR count). The number of halogens is 3. The zero-order valence-electron chi connectivity index (χ0n) is 16.1. The molecular weight excluding hydrogens is 399 g/mol. The number of hydrogen-bond acceptors (Lipinski definition) is 6. The van der Waals surface area contributed by atoms with Gasteiger partial charge in [-0.25, -0.2) is 9.97 Å². The maximum absolute atomic E-state index is 13.2.